The molecule has 0 radical (unpaired) electrons. The quantitative estimate of drug-likeness (QED) is 0.129. The molecule has 228 valence electrons. The predicted molar refractivity (Wildman–Crippen MR) is 166 cm³/mol. The average molecular weight is 602 g/mol. The topological polar surface area (TPSA) is 179 Å². The molecule has 1 aromatic heterocycles. The van der Waals surface area contributed by atoms with Crippen molar-refractivity contribution in [2.24, 2.45) is 0 Å². The first-order valence-electron chi connectivity index (χ1n) is 13.2. The van der Waals surface area contributed by atoms with Crippen molar-refractivity contribution >= 4 is 46.3 Å². The Balaban J connectivity index is 1.52. The van der Waals surface area contributed by atoms with Crippen molar-refractivity contribution in [3.63, 3.8) is 0 Å². The number of nitro benzene ring substituents is 1. The number of nitrogens with one attached hydrogen (secondary N) is 4. The summed E-state index contributed by atoms with van der Waals surface area (Å²) in [4.78, 5) is 45.7. The smallest absolute Gasteiger partial charge is 0.274 e. The number of hydrogen-bond donors (Lipinski definition) is 4. The van der Waals surface area contributed by atoms with Gasteiger partial charge in [-0.3, -0.25) is 19.7 Å². The molecule has 0 saturated heterocycles. The number of aryl methyl sites for hydroxylation is 2. The lowest BCUT2D eigenvalue weighted by atomic mass is 10.1. The van der Waals surface area contributed by atoms with E-state index in [2.05, 4.69) is 31.2 Å². The molecule has 4 N–H and O–H groups in total. The number of benzene rings is 3. The van der Waals surface area contributed by atoms with Gasteiger partial charge in [0.15, 0.2) is 11.5 Å². The highest BCUT2D eigenvalue weighted by Gasteiger charge is 2.19. The second-order valence-electron chi connectivity index (χ2n) is 9.44. The van der Waals surface area contributed by atoms with Crippen LogP contribution < -0.4 is 35.5 Å². The third-order valence-corrected chi connectivity index (χ3v) is 6.60. The van der Waals surface area contributed by atoms with Gasteiger partial charge >= 0.3 is 0 Å². The lowest BCUT2D eigenvalue weighted by Gasteiger charge is -2.15. The summed E-state index contributed by atoms with van der Waals surface area (Å²) in [6.45, 7) is 3.45. The maximum absolute atomic E-state index is 13.3. The van der Waals surface area contributed by atoms with Gasteiger partial charge < -0.3 is 35.5 Å². The summed E-state index contributed by atoms with van der Waals surface area (Å²) in [6, 6.07) is 12.8. The zero-order valence-corrected chi connectivity index (χ0v) is 24.9. The van der Waals surface area contributed by atoms with E-state index >= 15 is 0 Å². The van der Waals surface area contributed by atoms with Gasteiger partial charge in [-0.2, -0.15) is 4.98 Å². The molecule has 0 atom stereocenters. The molecule has 0 aliphatic heterocycles. The fourth-order valence-corrected chi connectivity index (χ4v) is 4.25. The second kappa shape index (κ2) is 13.4. The number of aromatic nitrogens is 2. The van der Waals surface area contributed by atoms with E-state index in [9.17, 15) is 19.7 Å². The van der Waals surface area contributed by atoms with E-state index in [1.807, 2.05) is 6.92 Å². The number of methoxy groups -OCH3 is 3. The Morgan fingerprint density at radius 1 is 0.841 bits per heavy atom. The minimum atomic E-state index is -0.497. The Bertz CT molecular complexity index is 1720. The molecule has 4 aromatic rings. The first-order chi connectivity index (χ1) is 21.1. The van der Waals surface area contributed by atoms with Crippen molar-refractivity contribution in [1.82, 2.24) is 9.97 Å². The van der Waals surface area contributed by atoms with Crippen LogP contribution in [0.4, 0.5) is 34.5 Å². The Kier molecular flexibility index (Phi) is 9.43. The highest BCUT2D eigenvalue weighted by atomic mass is 16.6. The highest BCUT2D eigenvalue weighted by molar-refractivity contribution is 6.09. The Morgan fingerprint density at radius 3 is 2.11 bits per heavy atom. The molecule has 14 nitrogen and oxygen atoms in total. The van der Waals surface area contributed by atoms with Crippen LogP contribution in [0.1, 0.15) is 31.8 Å². The maximum Gasteiger partial charge on any atom is 0.274 e. The number of carbonyl (C=O) groups excluding carboxylic acids is 2. The molecule has 14 heteroatoms. The number of anilines is 5. The number of nitro groups is 1. The molecule has 0 fully saturated rings. The predicted octanol–water partition coefficient (Wildman–Crippen LogP) is 5.32. The summed E-state index contributed by atoms with van der Waals surface area (Å²) in [6.07, 6.45) is 1.34. The summed E-state index contributed by atoms with van der Waals surface area (Å²) < 4.78 is 16.0. The minimum absolute atomic E-state index is 0.0444. The van der Waals surface area contributed by atoms with E-state index < -0.39 is 16.7 Å². The van der Waals surface area contributed by atoms with E-state index in [1.165, 1.54) is 45.7 Å². The third kappa shape index (κ3) is 6.75. The van der Waals surface area contributed by atoms with Crippen LogP contribution in [0.5, 0.6) is 17.2 Å². The average Bonchev–Trinajstić information content (AvgIpc) is 3.02. The van der Waals surface area contributed by atoms with E-state index in [0.29, 0.717) is 39.9 Å². The molecule has 1 heterocycles. The van der Waals surface area contributed by atoms with E-state index in [4.69, 9.17) is 14.2 Å². The lowest BCUT2D eigenvalue weighted by molar-refractivity contribution is -0.385. The van der Waals surface area contributed by atoms with Crippen molar-refractivity contribution in [2.75, 3.05) is 49.6 Å². The number of ether oxygens (including phenoxy) is 3. The minimum Gasteiger partial charge on any atom is -0.493 e. The lowest BCUT2D eigenvalue weighted by Crippen LogP contribution is -2.17. The Hall–Kier alpha value is -5.92. The first kappa shape index (κ1) is 31.0. The normalized spacial score (nSPS) is 10.4. The Morgan fingerprint density at radius 2 is 1.50 bits per heavy atom. The molecular formula is C30H31N7O7. The van der Waals surface area contributed by atoms with Crippen LogP contribution in [-0.4, -0.2) is 55.1 Å². The largest absolute Gasteiger partial charge is 0.493 e. The standard InChI is InChI=1S/C30H31N7O7/c1-16-7-9-19(33-28(38)18-11-24(42-4)26(44-6)25(12-18)43-5)13-22(16)35-29(39)21-15-32-30(36-27(21)31-3)34-20-10-8-17(2)23(14-20)37(40)41/h7-15H,1-6H3,(H,33,38)(H,35,39)(H2,31,32,34,36). The van der Waals surface area contributed by atoms with Gasteiger partial charge in [0.05, 0.1) is 26.3 Å². The van der Waals surface area contributed by atoms with Gasteiger partial charge in [-0.25, -0.2) is 4.98 Å². The molecule has 0 spiro atoms. The van der Waals surface area contributed by atoms with Crippen LogP contribution in [0.3, 0.4) is 0 Å². The highest BCUT2D eigenvalue weighted by Crippen LogP contribution is 2.38. The number of carbonyl (C=O) groups is 2. The summed E-state index contributed by atoms with van der Waals surface area (Å²) in [5, 5.41) is 22.7. The van der Waals surface area contributed by atoms with Crippen LogP contribution in [0.15, 0.2) is 54.7 Å². The summed E-state index contributed by atoms with van der Waals surface area (Å²) in [5.41, 5.74) is 2.95. The molecule has 0 saturated carbocycles. The van der Waals surface area contributed by atoms with Gasteiger partial charge in [0.1, 0.15) is 11.4 Å². The number of amides is 2. The summed E-state index contributed by atoms with van der Waals surface area (Å²) in [5.74, 6) is 0.458. The van der Waals surface area contributed by atoms with Crippen molar-refractivity contribution in [3.05, 3.63) is 87.1 Å². The van der Waals surface area contributed by atoms with Crippen molar-refractivity contribution in [2.45, 2.75) is 13.8 Å². The van der Waals surface area contributed by atoms with Crippen LogP contribution >= 0.6 is 0 Å². The van der Waals surface area contributed by atoms with E-state index in [0.717, 1.165) is 5.56 Å². The molecule has 3 aromatic carbocycles. The maximum atomic E-state index is 13.3. The van der Waals surface area contributed by atoms with Crippen molar-refractivity contribution in [1.29, 1.82) is 0 Å². The number of nitrogens with zero attached hydrogens (tertiary/aromatic N) is 3. The van der Waals surface area contributed by atoms with Gasteiger partial charge in [-0.05, 0) is 49.7 Å². The SMILES string of the molecule is CNc1nc(Nc2ccc(C)c([N+](=O)[O-])c2)ncc1C(=O)Nc1cc(NC(=O)c2cc(OC)c(OC)c(OC)c2)ccc1C. The van der Waals surface area contributed by atoms with E-state index in [-0.39, 0.29) is 28.6 Å². The monoisotopic (exact) mass is 601 g/mol. The van der Waals surface area contributed by atoms with Crippen LogP contribution in [-0.2, 0) is 0 Å². The van der Waals surface area contributed by atoms with Gasteiger partial charge in [0.2, 0.25) is 11.7 Å². The zero-order valence-electron chi connectivity index (χ0n) is 24.9. The molecule has 2 amide bonds. The van der Waals surface area contributed by atoms with Gasteiger partial charge in [0.25, 0.3) is 17.5 Å². The molecule has 44 heavy (non-hydrogen) atoms. The molecule has 0 bridgehead atoms. The van der Waals surface area contributed by atoms with Crippen LogP contribution in [0.25, 0.3) is 0 Å². The summed E-state index contributed by atoms with van der Waals surface area (Å²) in [7, 11) is 5.99. The molecule has 0 unspecified atom stereocenters. The molecule has 0 aliphatic carbocycles. The third-order valence-electron chi connectivity index (χ3n) is 6.60. The number of rotatable bonds is 11. The molecular weight excluding hydrogens is 570 g/mol. The Labute approximate surface area is 252 Å². The first-order valence-corrected chi connectivity index (χ1v) is 13.2. The fourth-order valence-electron chi connectivity index (χ4n) is 4.25. The summed E-state index contributed by atoms with van der Waals surface area (Å²) >= 11 is 0. The van der Waals surface area contributed by atoms with Crippen molar-refractivity contribution in [3.8, 4) is 17.2 Å². The zero-order chi connectivity index (χ0) is 32.0. The molecule has 0 aliphatic rings. The van der Waals surface area contributed by atoms with Crippen LogP contribution in [0.2, 0.25) is 0 Å². The van der Waals surface area contributed by atoms with Crippen LogP contribution in [0, 0.1) is 24.0 Å². The second-order valence-corrected chi connectivity index (χ2v) is 9.44. The number of hydrogen-bond acceptors (Lipinski definition) is 11. The van der Waals surface area contributed by atoms with Gasteiger partial charge in [-0.15, -0.1) is 0 Å². The van der Waals surface area contributed by atoms with Gasteiger partial charge in [0, 0.05) is 47.5 Å². The fraction of sp³-hybridized carbons (Fsp3) is 0.200. The van der Waals surface area contributed by atoms with Gasteiger partial charge in [-0.1, -0.05) is 12.1 Å². The van der Waals surface area contributed by atoms with Crippen molar-refractivity contribution < 1.29 is 28.7 Å². The van der Waals surface area contributed by atoms with E-state index in [1.54, 1.807) is 44.3 Å². The molecule has 4 rings (SSSR count).